The molecule has 1 aromatic carbocycles. The highest BCUT2D eigenvalue weighted by molar-refractivity contribution is 7.30. The Bertz CT molecular complexity index is 5160. The van der Waals surface area contributed by atoms with Gasteiger partial charge in [0.1, 0.15) is 11.0 Å². The maximum Gasteiger partial charge on any atom is 0.224 e. The van der Waals surface area contributed by atoms with Crippen molar-refractivity contribution in [1.82, 2.24) is 8.75 Å². The molecule has 15 aromatic rings. The highest BCUT2D eigenvalue weighted by Crippen LogP contribution is 2.53. The molecule has 0 aliphatic carbocycles. The average molecular weight is 1520 g/mol. The van der Waals surface area contributed by atoms with Crippen molar-refractivity contribution in [3.05, 3.63) is 213 Å². The van der Waals surface area contributed by atoms with Gasteiger partial charge >= 0.3 is 0 Å². The Hall–Kier alpha value is -6.04. The summed E-state index contributed by atoms with van der Waals surface area (Å²) >= 11 is 24.8. The summed E-state index contributed by atoms with van der Waals surface area (Å²) < 4.78 is 9.34. The Morgan fingerprint density at radius 3 is 1.23 bits per heavy atom. The van der Waals surface area contributed by atoms with Gasteiger partial charge in [-0.05, 0) is 200 Å². The Morgan fingerprint density at radius 1 is 0.365 bits per heavy atom. The fourth-order valence-corrected chi connectivity index (χ4v) is 26.1. The number of aromatic nitrogens is 2. The van der Waals surface area contributed by atoms with Crippen molar-refractivity contribution in [2.45, 2.75) is 67.2 Å². The lowest BCUT2D eigenvalue weighted by molar-refractivity contribution is -0.366. The third-order valence-corrected chi connectivity index (χ3v) is 32.2. The van der Waals surface area contributed by atoms with Crippen molar-refractivity contribution >= 4 is 176 Å². The van der Waals surface area contributed by atoms with Gasteiger partial charge in [-0.2, -0.15) is 14.0 Å². The number of nitriles is 1. The highest BCUT2D eigenvalue weighted by Gasteiger charge is 2.26. The summed E-state index contributed by atoms with van der Waals surface area (Å²) in [4.78, 5) is 32.3. The van der Waals surface area contributed by atoms with Crippen LogP contribution in [0.1, 0.15) is 58.5 Å². The fourth-order valence-electron chi connectivity index (χ4n) is 10.9. The van der Waals surface area contributed by atoms with Crippen molar-refractivity contribution in [2.24, 2.45) is 0 Å². The van der Waals surface area contributed by atoms with E-state index < -0.39 is 0 Å². The van der Waals surface area contributed by atoms with Gasteiger partial charge < -0.3 is 22.9 Å². The number of nitrogens with zero attached hydrogens (tertiary/aromatic N) is 4. The topological polar surface area (TPSA) is 164 Å². The number of hydrogen-bond acceptors (Lipinski definition) is 17. The van der Waals surface area contributed by atoms with Crippen molar-refractivity contribution < 1.29 is 22.9 Å². The van der Waals surface area contributed by atoms with Crippen molar-refractivity contribution in [3.63, 3.8) is 0 Å². The summed E-state index contributed by atoms with van der Waals surface area (Å²) in [5.41, 5.74) is 28.8. The largest absolute Gasteiger partial charge is 0.357 e. The van der Waals surface area contributed by atoms with Gasteiger partial charge in [-0.3, -0.25) is 0 Å². The van der Waals surface area contributed by atoms with Gasteiger partial charge in [0.25, 0.3) is 0 Å². The molecule has 0 amide bonds. The molecule has 0 atom stereocenters. The Labute approximate surface area is 617 Å². The molecular formula is C74H70N8S14+4. The molecule has 0 saturated carbocycles. The number of quaternary nitrogens is 4. The minimum Gasteiger partial charge on any atom is -0.357 e. The smallest absolute Gasteiger partial charge is 0.224 e. The molecule has 15 rings (SSSR count). The second kappa shape index (κ2) is 32.3. The lowest BCUT2D eigenvalue weighted by Gasteiger charge is -2.06. The van der Waals surface area contributed by atoms with Gasteiger partial charge in [0.2, 0.25) is 5.69 Å². The molecule has 14 aromatic heterocycles. The zero-order valence-electron chi connectivity index (χ0n) is 53.8. The van der Waals surface area contributed by atoms with E-state index in [1.807, 2.05) is 96.1 Å². The van der Waals surface area contributed by atoms with Crippen LogP contribution in [0.5, 0.6) is 0 Å². The monoisotopic (exact) mass is 1520 g/mol. The molecule has 22 heteroatoms. The molecule has 0 fully saturated rings. The van der Waals surface area contributed by atoms with Crippen molar-refractivity contribution in [3.8, 4) is 105 Å². The van der Waals surface area contributed by atoms with Gasteiger partial charge in [0, 0.05) is 134 Å². The number of benzene rings is 1. The van der Waals surface area contributed by atoms with E-state index in [1.165, 1.54) is 133 Å². The van der Waals surface area contributed by atoms with E-state index in [9.17, 15) is 5.26 Å². The van der Waals surface area contributed by atoms with Crippen LogP contribution in [0.3, 0.4) is 0 Å². The molecule has 0 saturated heterocycles. The van der Waals surface area contributed by atoms with Crippen LogP contribution >= 0.6 is 159 Å². The fraction of sp³-hybridized carbons (Fsp3) is 0.189. The Kier molecular flexibility index (Phi) is 23.5. The molecule has 0 unspecified atom stereocenters. The summed E-state index contributed by atoms with van der Waals surface area (Å²) in [6, 6.07) is 46.6. The summed E-state index contributed by atoms with van der Waals surface area (Å²) in [5.74, 6) is 0. The first-order valence-electron chi connectivity index (χ1n) is 31.1. The summed E-state index contributed by atoms with van der Waals surface area (Å²) in [7, 11) is 0. The van der Waals surface area contributed by atoms with Crippen LogP contribution in [0.25, 0.3) is 115 Å². The minimum atomic E-state index is 0.487. The molecule has 486 valence electrons. The maximum absolute atomic E-state index is 9.80. The highest BCUT2D eigenvalue weighted by atomic mass is 32.2. The predicted molar refractivity (Wildman–Crippen MR) is 429 cm³/mol. The van der Waals surface area contributed by atoms with Crippen LogP contribution in [0.2, 0.25) is 0 Å². The minimum absolute atomic E-state index is 0.487. The quantitative estimate of drug-likeness (QED) is 0.0630. The van der Waals surface area contributed by atoms with Crippen molar-refractivity contribution in [1.29, 1.82) is 5.26 Å². The van der Waals surface area contributed by atoms with Gasteiger partial charge in [-0.25, -0.2) is 4.85 Å². The van der Waals surface area contributed by atoms with E-state index in [1.54, 1.807) is 56.7 Å². The number of hydrogen-bond donors (Lipinski definition) is 4. The van der Waals surface area contributed by atoms with Gasteiger partial charge in [-0.15, -0.1) is 147 Å². The summed E-state index contributed by atoms with van der Waals surface area (Å²) in [6.07, 6.45) is 4.24. The first-order chi connectivity index (χ1) is 46.8. The van der Waals surface area contributed by atoms with Gasteiger partial charge in [0.15, 0.2) is 0 Å². The van der Waals surface area contributed by atoms with Crippen LogP contribution in [-0.4, -0.2) is 34.9 Å². The molecule has 96 heavy (non-hydrogen) atoms. The molecular weight excluding hydrogens is 1450 g/mol. The molecule has 0 radical (unpaired) electrons. The zero-order chi connectivity index (χ0) is 67.0. The molecule has 12 N–H and O–H groups in total. The van der Waals surface area contributed by atoms with Crippen LogP contribution in [0.4, 0.5) is 5.69 Å². The number of fused-ring (bicyclic) bond motifs is 1. The second-order valence-electron chi connectivity index (χ2n) is 22.6. The van der Waals surface area contributed by atoms with Crippen molar-refractivity contribution in [2.75, 3.05) is 26.2 Å². The van der Waals surface area contributed by atoms with Crippen LogP contribution in [0.15, 0.2) is 143 Å². The lowest BCUT2D eigenvalue weighted by Crippen LogP contribution is -2.51. The van der Waals surface area contributed by atoms with Crippen LogP contribution in [0, 0.1) is 59.4 Å². The number of thiophene rings is 13. The average Bonchev–Trinajstić information content (AvgIpc) is 1.58. The third kappa shape index (κ3) is 15.5. The molecule has 14 heterocycles. The van der Waals surface area contributed by atoms with Gasteiger partial charge in [-0.1, -0.05) is 18.2 Å². The van der Waals surface area contributed by atoms with E-state index >= 15 is 0 Å². The molecule has 0 aliphatic rings. The van der Waals surface area contributed by atoms with E-state index in [-0.39, 0.29) is 0 Å². The first-order valence-corrected chi connectivity index (χ1v) is 42.7. The molecule has 8 nitrogen and oxygen atoms in total. The van der Waals surface area contributed by atoms with E-state index in [0.29, 0.717) is 11.3 Å². The standard InChI is InChI=1S/C22H19N3S4.C22H17N3S4.C20H19NS4.C10H11NS2/c1-12-8-10-26-21(12)15-4-5-16(20-19(15)24-29-25-20)22-13(2)11-18(28-22)17-6-3-14(27-17)7-9-23;1-12-7-9-26-19(12)21-15(11-24)18(25-3)22(29-21)20-13(2)10-17(28-20)16-5-4-14(27-16)6-8-23;1-12-8-10-22-19(12)16-5-6-17(24-16)20-13(2)11-18(25-20)15-4-3-14(23-15)7-9-21;11-6-5-8-3-4-10(13-8)9-2-1-7-12-9/h3-6,8,10-11H,7,9,23H2,1-2H3;4-5,7,9-10H,6,8,23H2,1-2H3;3-6,8,10-11H,7,9,21H2,1-2H3;1-4,7H,5-6,11H2/p+4. The molecule has 0 aliphatic heterocycles. The van der Waals surface area contributed by atoms with E-state index in [4.69, 9.17) is 6.57 Å². The number of rotatable bonds is 18. The Morgan fingerprint density at radius 2 is 0.781 bits per heavy atom. The SMILES string of the molecule is Cc1ccsc1-c1ccc(-c2sc(-c3ccc(CC[NH3+])s3)cc2C)c2nsnc12.Cc1ccsc1-c1ccc(-c2sc(-c3ccc(CC[NH3+])s3)cc2C)s1.[C-]#[N+]c1c(-c2sc(-c3ccc(CC[NH3+])s3)cc2C)sc(-c2sccc2C)c1C#N.[NH3+]CCc1ccc(-c2cccs2)s1. The van der Waals surface area contributed by atoms with E-state index in [2.05, 4.69) is 222 Å². The molecule has 0 spiro atoms. The Balaban J connectivity index is 0.000000126. The maximum atomic E-state index is 9.80. The third-order valence-electron chi connectivity index (χ3n) is 15.6. The lowest BCUT2D eigenvalue weighted by atomic mass is 10.0. The summed E-state index contributed by atoms with van der Waals surface area (Å²) in [5, 5.41) is 18.3. The first kappa shape index (κ1) is 69.8. The second-order valence-corrected chi connectivity index (χ2v) is 36.8. The normalized spacial score (nSPS) is 11.1. The van der Waals surface area contributed by atoms with Crippen LogP contribution < -0.4 is 22.9 Å². The van der Waals surface area contributed by atoms with E-state index in [0.717, 1.165) is 93.5 Å². The zero-order valence-corrected chi connectivity index (χ0v) is 65.3. The van der Waals surface area contributed by atoms with Crippen LogP contribution in [-0.2, 0) is 25.7 Å². The summed E-state index contributed by atoms with van der Waals surface area (Å²) in [6.45, 7) is 24.5. The van der Waals surface area contributed by atoms with Gasteiger partial charge in [0.05, 0.1) is 65.9 Å². The molecule has 0 bridgehead atoms. The predicted octanol–water partition coefficient (Wildman–Crippen LogP) is 21.6. The number of aryl methyl sites for hydroxylation is 6.